The van der Waals surface area contributed by atoms with Crippen LogP contribution in [0.3, 0.4) is 0 Å². The summed E-state index contributed by atoms with van der Waals surface area (Å²) in [5.74, 6) is 0.340. The van der Waals surface area contributed by atoms with Gasteiger partial charge in [-0.3, -0.25) is 9.59 Å². The summed E-state index contributed by atoms with van der Waals surface area (Å²) in [6.07, 6.45) is 4.48. The molecule has 2 aromatic carbocycles. The number of aryl methyl sites for hydroxylation is 1. The fourth-order valence-electron chi connectivity index (χ4n) is 4.31. The van der Waals surface area contributed by atoms with Crippen molar-refractivity contribution >= 4 is 39.5 Å². The number of fused-ring (bicyclic) bond motifs is 1. The van der Waals surface area contributed by atoms with Crippen LogP contribution in [0.1, 0.15) is 55.8 Å². The zero-order chi connectivity index (χ0) is 19.3. The molecule has 4 nitrogen and oxygen atoms in total. The highest BCUT2D eigenvalue weighted by Crippen LogP contribution is 2.34. The fourth-order valence-corrected chi connectivity index (χ4v) is 5.41. The van der Waals surface area contributed by atoms with E-state index in [-0.39, 0.29) is 11.7 Å². The number of thiophene rings is 1. The van der Waals surface area contributed by atoms with Crippen LogP contribution in [-0.2, 0) is 12.8 Å². The maximum Gasteiger partial charge on any atom is 0.281 e. The lowest BCUT2D eigenvalue weighted by Gasteiger charge is -2.19. The Morgan fingerprint density at radius 1 is 1.21 bits per heavy atom. The number of nitrogens with zero attached hydrogens (tertiary/aromatic N) is 1. The summed E-state index contributed by atoms with van der Waals surface area (Å²) in [4.78, 5) is 27.4. The van der Waals surface area contributed by atoms with Crippen molar-refractivity contribution in [2.24, 2.45) is 11.0 Å². The highest BCUT2D eigenvalue weighted by Gasteiger charge is 2.29. The van der Waals surface area contributed by atoms with E-state index in [1.54, 1.807) is 11.3 Å². The first-order valence-corrected chi connectivity index (χ1v) is 10.5. The minimum atomic E-state index is -0.240. The van der Waals surface area contributed by atoms with Gasteiger partial charge >= 0.3 is 0 Å². The number of Topliss-reactive ketones (excluding diaryl/α,β-unsaturated/α-hetero) is 1. The molecule has 1 amide bonds. The summed E-state index contributed by atoms with van der Waals surface area (Å²) in [6, 6.07) is 13.5. The molecule has 0 saturated heterocycles. The number of benzene rings is 2. The molecule has 0 unspecified atom stereocenters. The van der Waals surface area contributed by atoms with E-state index in [1.165, 1.54) is 23.3 Å². The second-order valence-corrected chi connectivity index (χ2v) is 8.65. The number of nitrogens with one attached hydrogen (secondary N) is 1. The summed E-state index contributed by atoms with van der Waals surface area (Å²) in [5.41, 5.74) is 5.67. The summed E-state index contributed by atoms with van der Waals surface area (Å²) in [7, 11) is 0. The van der Waals surface area contributed by atoms with Crippen LogP contribution in [0.25, 0.3) is 10.8 Å². The molecular weight excluding hydrogens is 368 g/mol. The molecular formula is C23H20N2O2S. The average molecular weight is 388 g/mol. The molecule has 28 heavy (non-hydrogen) atoms. The largest absolute Gasteiger partial charge is 0.287 e. The van der Waals surface area contributed by atoms with Crippen molar-refractivity contribution in [3.05, 3.63) is 68.9 Å². The van der Waals surface area contributed by atoms with E-state index in [0.29, 0.717) is 22.1 Å². The third kappa shape index (κ3) is 2.69. The van der Waals surface area contributed by atoms with Crippen LogP contribution in [-0.4, -0.2) is 17.4 Å². The first-order valence-electron chi connectivity index (χ1n) is 9.72. The molecule has 5 heteroatoms. The van der Waals surface area contributed by atoms with Gasteiger partial charge in [-0.05, 0) is 42.2 Å². The highest BCUT2D eigenvalue weighted by molar-refractivity contribution is 7.14. The quantitative estimate of drug-likeness (QED) is 0.659. The summed E-state index contributed by atoms with van der Waals surface area (Å²) < 4.78 is 0. The Morgan fingerprint density at radius 2 is 2.00 bits per heavy atom. The first-order chi connectivity index (χ1) is 13.7. The molecule has 5 rings (SSSR count). The van der Waals surface area contributed by atoms with Crippen molar-refractivity contribution in [2.45, 2.75) is 32.6 Å². The summed E-state index contributed by atoms with van der Waals surface area (Å²) in [5, 5.41) is 6.16. The number of hydrogen-bond donors (Lipinski definition) is 1. The standard InChI is InChI=1S/C23H20N2O2S/c1-2-13-9-10-18-15(11-13)12-19(28-18)23(27)25-24-21-16-7-3-5-14-6-4-8-17(20(14)16)22(21)26/h3-8,12-13H,2,9-11H2,1H3,(H,25,27)/b24-21+/t13-/m1/s1. The second kappa shape index (κ2) is 6.67. The molecule has 0 saturated carbocycles. The van der Waals surface area contributed by atoms with Crippen molar-refractivity contribution in [3.63, 3.8) is 0 Å². The number of rotatable bonds is 3. The van der Waals surface area contributed by atoms with Crippen LogP contribution in [0.15, 0.2) is 47.6 Å². The lowest BCUT2D eigenvalue weighted by Crippen LogP contribution is -2.21. The average Bonchev–Trinajstić information content (AvgIpc) is 3.27. The van der Waals surface area contributed by atoms with Crippen LogP contribution >= 0.6 is 11.3 Å². The minimum Gasteiger partial charge on any atom is -0.287 e. The summed E-state index contributed by atoms with van der Waals surface area (Å²) >= 11 is 1.55. The van der Waals surface area contributed by atoms with E-state index in [0.717, 1.165) is 29.2 Å². The van der Waals surface area contributed by atoms with E-state index < -0.39 is 0 Å². The second-order valence-electron chi connectivity index (χ2n) is 7.52. The van der Waals surface area contributed by atoms with Crippen LogP contribution in [0, 0.1) is 5.92 Å². The van der Waals surface area contributed by atoms with Gasteiger partial charge in [-0.1, -0.05) is 49.7 Å². The number of ketones is 1. The number of carbonyl (C=O) groups is 2. The lowest BCUT2D eigenvalue weighted by atomic mass is 9.87. The van der Waals surface area contributed by atoms with Gasteiger partial charge in [0.2, 0.25) is 5.78 Å². The van der Waals surface area contributed by atoms with E-state index in [2.05, 4.69) is 17.5 Å². The Bertz CT molecular complexity index is 1150. The molecule has 0 radical (unpaired) electrons. The molecule has 0 fully saturated rings. The van der Waals surface area contributed by atoms with E-state index in [1.807, 2.05) is 42.5 Å². The van der Waals surface area contributed by atoms with E-state index >= 15 is 0 Å². The predicted molar refractivity (Wildman–Crippen MR) is 112 cm³/mol. The molecule has 0 aliphatic heterocycles. The van der Waals surface area contributed by atoms with Gasteiger partial charge in [0.15, 0.2) is 0 Å². The predicted octanol–water partition coefficient (Wildman–Crippen LogP) is 4.75. The van der Waals surface area contributed by atoms with Gasteiger partial charge in [-0.2, -0.15) is 5.10 Å². The van der Waals surface area contributed by atoms with Crippen LogP contribution in [0.5, 0.6) is 0 Å². The van der Waals surface area contributed by atoms with Gasteiger partial charge in [0.25, 0.3) is 5.91 Å². The lowest BCUT2D eigenvalue weighted by molar-refractivity contribution is 0.0959. The molecule has 1 atom stereocenters. The van der Waals surface area contributed by atoms with Gasteiger partial charge in [0.1, 0.15) is 5.71 Å². The topological polar surface area (TPSA) is 58.5 Å². The maximum absolute atomic E-state index is 12.8. The summed E-state index contributed by atoms with van der Waals surface area (Å²) in [6.45, 7) is 2.23. The molecule has 140 valence electrons. The highest BCUT2D eigenvalue weighted by atomic mass is 32.1. The van der Waals surface area contributed by atoms with Crippen molar-refractivity contribution in [1.82, 2.24) is 5.43 Å². The van der Waals surface area contributed by atoms with Gasteiger partial charge in [-0.15, -0.1) is 11.3 Å². The molecule has 3 aromatic rings. The molecule has 2 aliphatic rings. The Hall–Kier alpha value is -2.79. The molecule has 2 aliphatic carbocycles. The first kappa shape index (κ1) is 17.3. The minimum absolute atomic E-state index is 0.136. The van der Waals surface area contributed by atoms with Crippen LogP contribution < -0.4 is 5.43 Å². The number of hydrogen-bond acceptors (Lipinski definition) is 4. The van der Waals surface area contributed by atoms with E-state index in [4.69, 9.17) is 0 Å². The van der Waals surface area contributed by atoms with Gasteiger partial charge in [0.05, 0.1) is 4.88 Å². The van der Waals surface area contributed by atoms with Gasteiger partial charge in [0, 0.05) is 21.4 Å². The molecule has 0 spiro atoms. The number of amides is 1. The van der Waals surface area contributed by atoms with Crippen molar-refractivity contribution in [2.75, 3.05) is 0 Å². The Kier molecular flexibility index (Phi) is 4.13. The van der Waals surface area contributed by atoms with Gasteiger partial charge in [-0.25, -0.2) is 5.43 Å². The van der Waals surface area contributed by atoms with Crippen LogP contribution in [0.2, 0.25) is 0 Å². The molecule has 1 aromatic heterocycles. The third-order valence-corrected chi connectivity index (χ3v) is 7.11. The monoisotopic (exact) mass is 388 g/mol. The molecule has 1 heterocycles. The maximum atomic E-state index is 12.8. The van der Waals surface area contributed by atoms with Crippen molar-refractivity contribution in [1.29, 1.82) is 0 Å². The normalized spacial score (nSPS) is 19.2. The van der Waals surface area contributed by atoms with Crippen LogP contribution in [0.4, 0.5) is 0 Å². The zero-order valence-electron chi connectivity index (χ0n) is 15.6. The smallest absolute Gasteiger partial charge is 0.281 e. The fraction of sp³-hybridized carbons (Fsp3) is 0.261. The number of hydrazone groups is 1. The SMILES string of the molecule is CC[C@@H]1CCc2sc(C(=O)N/N=C3/C(=O)c4cccc5cccc3c45)cc2C1. The van der Waals surface area contributed by atoms with Gasteiger partial charge < -0.3 is 0 Å². The Labute approximate surface area is 167 Å². The van der Waals surface area contributed by atoms with E-state index in [9.17, 15) is 9.59 Å². The van der Waals surface area contributed by atoms with Crippen molar-refractivity contribution in [3.8, 4) is 0 Å². The Morgan fingerprint density at radius 3 is 2.79 bits per heavy atom. The third-order valence-electron chi connectivity index (χ3n) is 5.87. The Balaban J connectivity index is 1.42. The van der Waals surface area contributed by atoms with Crippen molar-refractivity contribution < 1.29 is 9.59 Å². The zero-order valence-corrected chi connectivity index (χ0v) is 16.4. The molecule has 1 N–H and O–H groups in total. The number of carbonyl (C=O) groups excluding carboxylic acids is 2. The molecule has 0 bridgehead atoms.